The minimum atomic E-state index is -0.828. The molecule has 1 atom stereocenters. The molecule has 1 unspecified atom stereocenters. The molecule has 1 aromatic carbocycles. The van der Waals surface area contributed by atoms with E-state index >= 15 is 0 Å². The number of aliphatic imine (C=N–C) groups is 1. The zero-order valence-corrected chi connectivity index (χ0v) is 12.0. The molecule has 23 heavy (non-hydrogen) atoms. The van der Waals surface area contributed by atoms with Crippen LogP contribution in [0.2, 0.25) is 0 Å². The number of rotatable bonds is 3. The molecule has 0 bridgehead atoms. The molecular weight excluding hydrogens is 304 g/mol. The Morgan fingerprint density at radius 1 is 1.35 bits per heavy atom. The first-order chi connectivity index (χ1) is 10.9. The maximum absolute atomic E-state index is 12.0. The van der Waals surface area contributed by atoms with E-state index in [1.54, 1.807) is 0 Å². The van der Waals surface area contributed by atoms with Crippen molar-refractivity contribution in [1.82, 2.24) is 9.97 Å². The highest BCUT2D eigenvalue weighted by molar-refractivity contribution is 6.16. The Hall–Kier alpha value is -3.23. The quantitative estimate of drug-likeness (QED) is 0.571. The number of fused-ring (bicyclic) bond motifs is 1. The zero-order valence-electron chi connectivity index (χ0n) is 12.0. The lowest BCUT2D eigenvalue weighted by Gasteiger charge is -2.06. The highest BCUT2D eigenvalue weighted by atomic mass is 16.6. The van der Waals surface area contributed by atoms with Crippen LogP contribution in [0.3, 0.4) is 0 Å². The van der Waals surface area contributed by atoms with Gasteiger partial charge in [0.15, 0.2) is 0 Å². The SMILES string of the molecule is CCC1N=C(c2c(O)[nH]c(=O)[nH]c2=O)c2ccc([N+](=O)[O-])cc21. The van der Waals surface area contributed by atoms with Crippen molar-refractivity contribution in [1.29, 1.82) is 0 Å². The molecule has 9 heteroatoms. The van der Waals surface area contributed by atoms with Gasteiger partial charge in [-0.25, -0.2) is 4.79 Å². The first-order valence-corrected chi connectivity index (χ1v) is 6.84. The lowest BCUT2D eigenvalue weighted by Crippen LogP contribution is -2.27. The second kappa shape index (κ2) is 5.20. The average molecular weight is 316 g/mol. The predicted molar refractivity (Wildman–Crippen MR) is 81.1 cm³/mol. The fraction of sp³-hybridized carbons (Fsp3) is 0.214. The number of benzene rings is 1. The van der Waals surface area contributed by atoms with Crippen LogP contribution < -0.4 is 11.2 Å². The summed E-state index contributed by atoms with van der Waals surface area (Å²) < 4.78 is 0. The maximum atomic E-state index is 12.0. The van der Waals surface area contributed by atoms with Crippen LogP contribution in [0.5, 0.6) is 5.88 Å². The third-order valence-electron chi connectivity index (χ3n) is 3.69. The lowest BCUT2D eigenvalue weighted by atomic mass is 9.97. The van der Waals surface area contributed by atoms with Gasteiger partial charge in [0, 0.05) is 17.7 Å². The molecule has 0 fully saturated rings. The van der Waals surface area contributed by atoms with E-state index in [1.165, 1.54) is 18.2 Å². The first kappa shape index (κ1) is 14.7. The molecule has 0 saturated heterocycles. The topological polar surface area (TPSA) is 141 Å². The Labute approximate surface area is 128 Å². The number of nitrogens with one attached hydrogen (secondary N) is 2. The van der Waals surface area contributed by atoms with Gasteiger partial charge in [-0.15, -0.1) is 0 Å². The number of aromatic amines is 2. The van der Waals surface area contributed by atoms with Crippen LogP contribution in [0.15, 0.2) is 32.8 Å². The lowest BCUT2D eigenvalue weighted by molar-refractivity contribution is -0.384. The van der Waals surface area contributed by atoms with Gasteiger partial charge in [0.25, 0.3) is 11.2 Å². The normalized spacial score (nSPS) is 16.0. The number of aromatic hydroxyl groups is 1. The molecule has 0 saturated carbocycles. The number of aromatic nitrogens is 2. The van der Waals surface area contributed by atoms with E-state index in [9.17, 15) is 24.8 Å². The van der Waals surface area contributed by atoms with Crippen LogP contribution in [0.4, 0.5) is 5.69 Å². The Bertz CT molecular complexity index is 956. The van der Waals surface area contributed by atoms with E-state index in [0.29, 0.717) is 17.5 Å². The van der Waals surface area contributed by atoms with Gasteiger partial charge in [0.05, 0.1) is 16.7 Å². The summed E-state index contributed by atoms with van der Waals surface area (Å²) >= 11 is 0. The smallest absolute Gasteiger partial charge is 0.328 e. The molecule has 0 aliphatic carbocycles. The van der Waals surface area contributed by atoms with Gasteiger partial charge < -0.3 is 5.11 Å². The molecule has 1 aliphatic rings. The highest BCUT2D eigenvalue weighted by Gasteiger charge is 2.30. The van der Waals surface area contributed by atoms with Gasteiger partial charge >= 0.3 is 5.69 Å². The third kappa shape index (κ3) is 2.31. The van der Waals surface area contributed by atoms with Crippen LogP contribution in [0.25, 0.3) is 0 Å². The summed E-state index contributed by atoms with van der Waals surface area (Å²) in [7, 11) is 0. The molecule has 1 aromatic heterocycles. The summed E-state index contributed by atoms with van der Waals surface area (Å²) in [6.45, 7) is 1.86. The molecule has 9 nitrogen and oxygen atoms in total. The van der Waals surface area contributed by atoms with E-state index in [-0.39, 0.29) is 23.0 Å². The molecule has 3 N–H and O–H groups in total. The molecular formula is C14H12N4O5. The van der Waals surface area contributed by atoms with Gasteiger partial charge in [-0.3, -0.25) is 29.9 Å². The number of nitro groups is 1. The van der Waals surface area contributed by atoms with Crippen molar-refractivity contribution in [2.75, 3.05) is 0 Å². The molecule has 118 valence electrons. The number of hydrogen-bond acceptors (Lipinski definition) is 6. The summed E-state index contributed by atoms with van der Waals surface area (Å²) in [5, 5.41) is 20.8. The van der Waals surface area contributed by atoms with Crippen LogP contribution in [0.1, 0.15) is 36.1 Å². The fourth-order valence-electron chi connectivity index (χ4n) is 2.65. The van der Waals surface area contributed by atoms with E-state index in [2.05, 4.69) is 9.98 Å². The summed E-state index contributed by atoms with van der Waals surface area (Å²) in [4.78, 5) is 42.1. The van der Waals surface area contributed by atoms with Crippen molar-refractivity contribution in [3.8, 4) is 5.88 Å². The van der Waals surface area contributed by atoms with E-state index in [1.807, 2.05) is 11.9 Å². The number of H-pyrrole nitrogens is 2. The van der Waals surface area contributed by atoms with Gasteiger partial charge in [-0.2, -0.15) is 0 Å². The molecule has 2 aromatic rings. The maximum Gasteiger partial charge on any atom is 0.328 e. The first-order valence-electron chi connectivity index (χ1n) is 6.84. The van der Waals surface area contributed by atoms with E-state index in [0.717, 1.165) is 0 Å². The van der Waals surface area contributed by atoms with Gasteiger partial charge in [0.2, 0.25) is 5.88 Å². The number of hydrogen-bond donors (Lipinski definition) is 3. The monoisotopic (exact) mass is 316 g/mol. The van der Waals surface area contributed by atoms with Crippen molar-refractivity contribution in [2.24, 2.45) is 4.99 Å². The highest BCUT2D eigenvalue weighted by Crippen LogP contribution is 2.36. The van der Waals surface area contributed by atoms with Crippen molar-refractivity contribution in [2.45, 2.75) is 19.4 Å². The minimum Gasteiger partial charge on any atom is -0.494 e. The van der Waals surface area contributed by atoms with Crippen LogP contribution in [-0.2, 0) is 0 Å². The zero-order chi connectivity index (χ0) is 16.7. The largest absolute Gasteiger partial charge is 0.494 e. The number of nitrogens with zero attached hydrogens (tertiary/aromatic N) is 2. The Morgan fingerprint density at radius 3 is 2.70 bits per heavy atom. The number of nitro benzene ring substituents is 1. The third-order valence-corrected chi connectivity index (χ3v) is 3.69. The van der Waals surface area contributed by atoms with Crippen LogP contribution in [-0.4, -0.2) is 25.7 Å². The molecule has 0 spiro atoms. The second-order valence-corrected chi connectivity index (χ2v) is 5.06. The predicted octanol–water partition coefficient (Wildman–Crippen LogP) is 0.979. The van der Waals surface area contributed by atoms with Crippen LogP contribution >= 0.6 is 0 Å². The average Bonchev–Trinajstić information content (AvgIpc) is 2.84. The van der Waals surface area contributed by atoms with Gasteiger partial charge in [-0.1, -0.05) is 6.92 Å². The molecule has 2 heterocycles. The molecule has 3 rings (SSSR count). The van der Waals surface area contributed by atoms with E-state index < -0.39 is 22.1 Å². The van der Waals surface area contributed by atoms with Crippen molar-refractivity contribution in [3.05, 3.63) is 65.8 Å². The van der Waals surface area contributed by atoms with Gasteiger partial charge in [0.1, 0.15) is 5.56 Å². The fourth-order valence-corrected chi connectivity index (χ4v) is 2.65. The Balaban J connectivity index is 2.23. The molecule has 0 amide bonds. The summed E-state index contributed by atoms with van der Waals surface area (Å²) in [6.07, 6.45) is 0.569. The minimum absolute atomic E-state index is 0.0711. The number of non-ortho nitro benzene ring substituents is 1. The standard InChI is InChI=1S/C14H12N4O5/c1-2-9-8-5-6(18(22)23)3-4-7(8)11(15-9)10-12(19)16-14(21)17-13(10)20/h3-5,9H,2H2,1H3,(H3,16,17,19,20,21). The molecule has 1 aliphatic heterocycles. The summed E-state index contributed by atoms with van der Waals surface area (Å²) in [5.41, 5.74) is -0.487. The molecule has 0 radical (unpaired) electrons. The second-order valence-electron chi connectivity index (χ2n) is 5.06. The Morgan fingerprint density at radius 2 is 2.09 bits per heavy atom. The summed E-state index contributed by atoms with van der Waals surface area (Å²) in [5.74, 6) is -0.585. The van der Waals surface area contributed by atoms with Crippen molar-refractivity contribution in [3.63, 3.8) is 0 Å². The van der Waals surface area contributed by atoms with Gasteiger partial charge in [-0.05, 0) is 18.1 Å². The Kier molecular flexibility index (Phi) is 3.32. The van der Waals surface area contributed by atoms with Crippen molar-refractivity contribution >= 4 is 11.4 Å². The summed E-state index contributed by atoms with van der Waals surface area (Å²) in [6, 6.07) is 3.86. The van der Waals surface area contributed by atoms with Crippen LogP contribution in [0, 0.1) is 10.1 Å². The van der Waals surface area contributed by atoms with Crippen molar-refractivity contribution < 1.29 is 10.0 Å². The van der Waals surface area contributed by atoms with E-state index in [4.69, 9.17) is 0 Å².